The van der Waals surface area contributed by atoms with Gasteiger partial charge in [-0.05, 0) is 49.6 Å². The van der Waals surface area contributed by atoms with Crippen molar-refractivity contribution in [3.05, 3.63) is 105 Å². The summed E-state index contributed by atoms with van der Waals surface area (Å²) in [6.45, 7) is 7.11. The third kappa shape index (κ3) is 5.48. The summed E-state index contributed by atoms with van der Waals surface area (Å²) < 4.78 is 48.4. The number of carbonyl (C=O) groups excluding carboxylic acids is 2. The van der Waals surface area contributed by atoms with Crippen LogP contribution < -0.4 is 15.6 Å². The number of hydrogen-bond donors (Lipinski definition) is 1. The van der Waals surface area contributed by atoms with Crippen molar-refractivity contribution in [3.8, 4) is 0 Å². The number of nitrogens with zero attached hydrogens (tertiary/aromatic N) is 1. The average molecular weight is 579 g/mol. The van der Waals surface area contributed by atoms with Crippen LogP contribution in [-0.2, 0) is 14.9 Å². The molecule has 5 rings (SSSR count). The lowest BCUT2D eigenvalue weighted by Gasteiger charge is -2.50. The third-order valence-corrected chi connectivity index (χ3v) is 7.75. The molecule has 0 saturated carbocycles. The van der Waals surface area contributed by atoms with Gasteiger partial charge in [0.15, 0.2) is 11.3 Å². The highest BCUT2D eigenvalue weighted by molar-refractivity contribution is 6.02. The Balaban J connectivity index is 1.45. The van der Waals surface area contributed by atoms with Crippen molar-refractivity contribution >= 4 is 34.5 Å². The molecule has 1 fully saturated rings. The topological polar surface area (TPSA) is 88.9 Å². The first kappa shape index (κ1) is 28.9. The van der Waals surface area contributed by atoms with Crippen LogP contribution in [0.2, 0.25) is 0 Å². The summed E-state index contributed by atoms with van der Waals surface area (Å²) in [6.07, 6.45) is -4.39. The van der Waals surface area contributed by atoms with Gasteiger partial charge in [-0.1, -0.05) is 55.5 Å². The number of benzene rings is 3. The van der Waals surface area contributed by atoms with Gasteiger partial charge in [-0.3, -0.25) is 4.79 Å². The summed E-state index contributed by atoms with van der Waals surface area (Å²) in [5, 5.41) is 3.50. The predicted molar refractivity (Wildman–Crippen MR) is 153 cm³/mol. The lowest BCUT2D eigenvalue weighted by atomic mass is 9.72. The molecule has 0 aliphatic carbocycles. The van der Waals surface area contributed by atoms with E-state index in [9.17, 15) is 27.6 Å². The molecule has 1 N–H and O–H groups in total. The van der Waals surface area contributed by atoms with Crippen LogP contribution in [0.4, 0.5) is 24.7 Å². The van der Waals surface area contributed by atoms with Crippen LogP contribution in [0.5, 0.6) is 0 Å². The Morgan fingerprint density at radius 2 is 1.71 bits per heavy atom. The standard InChI is InChI=1S/C32H29F3N2O5/c1-4-31(21-10-6-5-7-11-21)17-37(18-31)27-16-26(38)24-15-19(2)14-23(28(24)41-27)20(3)36-25-13-9-8-12-22(25)29(39)42-30(40)32(33,34)35/h5-16,20,36H,4,17-18H2,1-3H3. The number of aryl methyl sites for hydroxylation is 1. The second-order valence-corrected chi connectivity index (χ2v) is 10.6. The summed E-state index contributed by atoms with van der Waals surface area (Å²) in [5.74, 6) is -3.59. The van der Waals surface area contributed by atoms with E-state index in [1.54, 1.807) is 19.1 Å². The Labute approximate surface area is 239 Å². The maximum absolute atomic E-state index is 13.3. The van der Waals surface area contributed by atoms with Gasteiger partial charge in [0.05, 0.1) is 17.0 Å². The van der Waals surface area contributed by atoms with Crippen molar-refractivity contribution in [1.29, 1.82) is 0 Å². The molecule has 0 radical (unpaired) electrons. The van der Waals surface area contributed by atoms with E-state index < -0.39 is 24.2 Å². The van der Waals surface area contributed by atoms with E-state index in [0.29, 0.717) is 35.5 Å². The normalized spacial score (nSPS) is 15.1. The second-order valence-electron chi connectivity index (χ2n) is 10.6. The van der Waals surface area contributed by atoms with E-state index >= 15 is 0 Å². The summed E-state index contributed by atoms with van der Waals surface area (Å²) in [4.78, 5) is 39.0. The summed E-state index contributed by atoms with van der Waals surface area (Å²) in [7, 11) is 0. The van der Waals surface area contributed by atoms with E-state index in [1.807, 2.05) is 36.1 Å². The molecule has 2 heterocycles. The van der Waals surface area contributed by atoms with Crippen LogP contribution in [0.25, 0.3) is 11.0 Å². The Morgan fingerprint density at radius 1 is 1.05 bits per heavy atom. The van der Waals surface area contributed by atoms with Crippen LogP contribution in [0, 0.1) is 6.92 Å². The van der Waals surface area contributed by atoms with Gasteiger partial charge in [-0.25, -0.2) is 9.59 Å². The maximum Gasteiger partial charge on any atom is 0.491 e. The number of rotatable bonds is 7. The average Bonchev–Trinajstić information content (AvgIpc) is 2.93. The van der Waals surface area contributed by atoms with Crippen molar-refractivity contribution in [2.75, 3.05) is 23.3 Å². The number of anilines is 2. The minimum Gasteiger partial charge on any atom is -0.440 e. The zero-order valence-corrected chi connectivity index (χ0v) is 23.2. The van der Waals surface area contributed by atoms with Crippen LogP contribution in [0.3, 0.4) is 0 Å². The Kier molecular flexibility index (Phi) is 7.57. The predicted octanol–water partition coefficient (Wildman–Crippen LogP) is 6.69. The van der Waals surface area contributed by atoms with Crippen LogP contribution in [0.15, 0.2) is 82.0 Å². The van der Waals surface area contributed by atoms with Crippen LogP contribution in [-0.4, -0.2) is 31.2 Å². The number of carbonyl (C=O) groups is 2. The van der Waals surface area contributed by atoms with Gasteiger partial charge in [0.1, 0.15) is 5.58 Å². The minimum absolute atomic E-state index is 0.0500. The zero-order chi connectivity index (χ0) is 30.2. The van der Waals surface area contributed by atoms with Gasteiger partial charge in [-0.15, -0.1) is 0 Å². The molecule has 1 aliphatic rings. The molecule has 1 unspecified atom stereocenters. The van der Waals surface area contributed by atoms with Gasteiger partial charge in [0.2, 0.25) is 0 Å². The highest BCUT2D eigenvalue weighted by Crippen LogP contribution is 2.41. The number of fused-ring (bicyclic) bond motifs is 1. The van der Waals surface area contributed by atoms with Crippen molar-refractivity contribution < 1.29 is 31.9 Å². The number of nitrogens with one attached hydrogen (secondary N) is 1. The molecule has 1 atom stereocenters. The first-order valence-electron chi connectivity index (χ1n) is 13.5. The molecule has 1 aromatic heterocycles. The van der Waals surface area contributed by atoms with Crippen molar-refractivity contribution in [1.82, 2.24) is 0 Å². The first-order valence-corrected chi connectivity index (χ1v) is 13.5. The van der Waals surface area contributed by atoms with E-state index in [2.05, 4.69) is 29.1 Å². The molecule has 1 aliphatic heterocycles. The van der Waals surface area contributed by atoms with Crippen LogP contribution in [0.1, 0.15) is 53.4 Å². The minimum atomic E-state index is -5.31. The highest BCUT2D eigenvalue weighted by atomic mass is 19.4. The molecule has 0 amide bonds. The molecule has 42 heavy (non-hydrogen) atoms. The van der Waals surface area contributed by atoms with Gasteiger partial charge in [0, 0.05) is 35.8 Å². The number of para-hydroxylation sites is 1. The Hall–Kier alpha value is -4.60. The molecule has 10 heteroatoms. The van der Waals surface area contributed by atoms with E-state index in [1.165, 1.54) is 29.8 Å². The highest BCUT2D eigenvalue weighted by Gasteiger charge is 2.44. The first-order chi connectivity index (χ1) is 19.9. The fraction of sp³-hybridized carbons (Fsp3) is 0.281. The molecule has 1 saturated heterocycles. The molecule has 3 aromatic carbocycles. The van der Waals surface area contributed by atoms with E-state index in [4.69, 9.17) is 4.42 Å². The van der Waals surface area contributed by atoms with Gasteiger partial charge in [-0.2, -0.15) is 13.2 Å². The lowest BCUT2D eigenvalue weighted by molar-refractivity contribution is -0.193. The number of esters is 2. The number of alkyl halides is 3. The van der Waals surface area contributed by atoms with Crippen molar-refractivity contribution in [2.24, 2.45) is 0 Å². The SMILES string of the molecule is CCC1(c2ccccc2)CN(c2cc(=O)c3cc(C)cc(C(C)Nc4ccccc4C(=O)OC(=O)C(F)(F)F)c3o2)C1. The van der Waals surface area contributed by atoms with Gasteiger partial charge >= 0.3 is 18.1 Å². The number of halogens is 3. The van der Waals surface area contributed by atoms with E-state index in [-0.39, 0.29) is 22.1 Å². The Bertz CT molecular complexity index is 1710. The van der Waals surface area contributed by atoms with Crippen molar-refractivity contribution in [2.45, 2.75) is 44.8 Å². The molecular weight excluding hydrogens is 549 g/mol. The lowest BCUT2D eigenvalue weighted by Crippen LogP contribution is -2.59. The van der Waals surface area contributed by atoms with Crippen LogP contribution >= 0.6 is 0 Å². The smallest absolute Gasteiger partial charge is 0.440 e. The summed E-state index contributed by atoms with van der Waals surface area (Å²) in [6, 6.07) is 20.5. The Morgan fingerprint density at radius 3 is 2.38 bits per heavy atom. The summed E-state index contributed by atoms with van der Waals surface area (Å²) in [5.41, 5.74) is 2.66. The number of hydrogen-bond acceptors (Lipinski definition) is 7. The molecule has 0 spiro atoms. The van der Waals surface area contributed by atoms with E-state index in [0.717, 1.165) is 12.0 Å². The largest absolute Gasteiger partial charge is 0.491 e. The number of ether oxygens (including phenoxy) is 1. The fourth-order valence-corrected chi connectivity index (χ4v) is 5.44. The quantitative estimate of drug-likeness (QED) is 0.193. The molecule has 218 valence electrons. The molecule has 4 aromatic rings. The second kappa shape index (κ2) is 11.0. The third-order valence-electron chi connectivity index (χ3n) is 7.75. The monoisotopic (exact) mass is 578 g/mol. The summed E-state index contributed by atoms with van der Waals surface area (Å²) >= 11 is 0. The molecule has 7 nitrogen and oxygen atoms in total. The zero-order valence-electron chi connectivity index (χ0n) is 23.2. The van der Waals surface area contributed by atoms with Crippen molar-refractivity contribution in [3.63, 3.8) is 0 Å². The van der Waals surface area contributed by atoms with Gasteiger partial charge in [0.25, 0.3) is 0 Å². The fourth-order valence-electron chi connectivity index (χ4n) is 5.44. The maximum atomic E-state index is 13.3. The van der Waals surface area contributed by atoms with Gasteiger partial charge < -0.3 is 19.4 Å². The molecular formula is C32H29F3N2O5. The molecule has 0 bridgehead atoms.